The summed E-state index contributed by atoms with van der Waals surface area (Å²) in [5.41, 5.74) is 4.35. The number of hydrogen-bond acceptors (Lipinski definition) is 2. The van der Waals surface area contributed by atoms with Crippen molar-refractivity contribution in [2.75, 3.05) is 6.61 Å². The third kappa shape index (κ3) is 3.99. The third-order valence-electron chi connectivity index (χ3n) is 4.52. The molecule has 0 aliphatic carbocycles. The van der Waals surface area contributed by atoms with E-state index in [1.165, 1.54) is 5.56 Å². The second kappa shape index (κ2) is 7.85. The van der Waals surface area contributed by atoms with E-state index in [1.807, 2.05) is 54.6 Å². The Bertz CT molecular complexity index is 1070. The topological polar surface area (TPSA) is 27.1 Å². The molecule has 0 saturated heterocycles. The lowest BCUT2D eigenvalue weighted by molar-refractivity contribution is 0.302. The lowest BCUT2D eigenvalue weighted by Gasteiger charge is -2.11. The minimum atomic E-state index is 0.658. The summed E-state index contributed by atoms with van der Waals surface area (Å²) in [4.78, 5) is 4.84. The number of fused-ring (bicyclic) bond motifs is 1. The number of aryl methyl sites for hydroxylation is 2. The molecule has 1 aromatic heterocycles. The first-order valence-electron chi connectivity index (χ1n) is 9.11. The van der Waals surface area contributed by atoms with E-state index < -0.39 is 0 Å². The van der Waals surface area contributed by atoms with Crippen molar-refractivity contribution in [3.63, 3.8) is 0 Å². The Hall–Kier alpha value is -2.78. The Morgan fingerprint density at radius 1 is 0.963 bits per heavy atom. The summed E-state index contributed by atoms with van der Waals surface area (Å²) in [7, 11) is 0. The van der Waals surface area contributed by atoms with E-state index in [0.717, 1.165) is 41.1 Å². The van der Waals surface area contributed by atoms with Gasteiger partial charge in [-0.05, 0) is 55.3 Å². The number of benzene rings is 3. The lowest BCUT2D eigenvalue weighted by Crippen LogP contribution is -2.06. The highest BCUT2D eigenvalue weighted by Crippen LogP contribution is 2.27. The van der Waals surface area contributed by atoms with Crippen molar-refractivity contribution in [1.29, 1.82) is 0 Å². The normalized spacial score (nSPS) is 11.0. The minimum absolute atomic E-state index is 0.658. The maximum Gasteiger partial charge on any atom is 0.141 e. The van der Waals surface area contributed by atoms with Gasteiger partial charge in [-0.15, -0.1) is 0 Å². The average molecular weight is 377 g/mol. The molecule has 0 aliphatic heterocycles. The van der Waals surface area contributed by atoms with E-state index in [-0.39, 0.29) is 0 Å². The smallest absolute Gasteiger partial charge is 0.141 e. The van der Waals surface area contributed by atoms with Crippen LogP contribution in [0, 0.1) is 6.92 Å². The van der Waals surface area contributed by atoms with Gasteiger partial charge in [0.2, 0.25) is 0 Å². The summed E-state index contributed by atoms with van der Waals surface area (Å²) in [6.07, 6.45) is 0.891. The molecule has 0 fully saturated rings. The molecule has 4 heteroatoms. The van der Waals surface area contributed by atoms with Gasteiger partial charge < -0.3 is 9.30 Å². The molecule has 3 nitrogen and oxygen atoms in total. The molecule has 1 heterocycles. The first-order valence-corrected chi connectivity index (χ1v) is 9.49. The van der Waals surface area contributed by atoms with Crippen molar-refractivity contribution in [3.05, 3.63) is 83.4 Å². The van der Waals surface area contributed by atoms with Crippen LogP contribution in [0.3, 0.4) is 0 Å². The van der Waals surface area contributed by atoms with Crippen LogP contribution >= 0.6 is 11.6 Å². The maximum absolute atomic E-state index is 6.20. The number of aromatic nitrogens is 2. The molecule has 0 aliphatic rings. The van der Waals surface area contributed by atoms with Crippen LogP contribution in [0.4, 0.5) is 0 Å². The van der Waals surface area contributed by atoms with Gasteiger partial charge in [0.15, 0.2) is 0 Å². The zero-order valence-corrected chi connectivity index (χ0v) is 16.0. The zero-order chi connectivity index (χ0) is 18.6. The molecule has 0 spiro atoms. The van der Waals surface area contributed by atoms with Gasteiger partial charge in [-0.25, -0.2) is 4.98 Å². The average Bonchev–Trinajstić information content (AvgIpc) is 3.04. The second-order valence-corrected chi connectivity index (χ2v) is 7.04. The van der Waals surface area contributed by atoms with E-state index in [9.17, 15) is 0 Å². The van der Waals surface area contributed by atoms with Gasteiger partial charge in [0.1, 0.15) is 11.6 Å². The molecule has 0 N–H and O–H groups in total. The Kier molecular flexibility index (Phi) is 5.12. The molecule has 3 aromatic carbocycles. The predicted octanol–water partition coefficient (Wildman–Crippen LogP) is 6.13. The number of halogens is 1. The monoisotopic (exact) mass is 376 g/mol. The molecular formula is C23H21ClN2O. The maximum atomic E-state index is 6.20. The highest BCUT2D eigenvalue weighted by Gasteiger charge is 2.12. The van der Waals surface area contributed by atoms with Crippen LogP contribution in [-0.2, 0) is 6.54 Å². The fourth-order valence-electron chi connectivity index (χ4n) is 3.27. The van der Waals surface area contributed by atoms with Gasteiger partial charge in [-0.1, -0.05) is 48.0 Å². The van der Waals surface area contributed by atoms with Gasteiger partial charge in [-0.3, -0.25) is 0 Å². The van der Waals surface area contributed by atoms with E-state index in [1.54, 1.807) is 0 Å². The predicted molar refractivity (Wildman–Crippen MR) is 111 cm³/mol. The molecule has 0 unspecified atom stereocenters. The van der Waals surface area contributed by atoms with Crippen molar-refractivity contribution >= 4 is 22.6 Å². The molecule has 4 rings (SSSR count). The Labute approximate surface area is 164 Å². The van der Waals surface area contributed by atoms with E-state index in [4.69, 9.17) is 21.3 Å². The molecule has 0 atom stereocenters. The largest absolute Gasteiger partial charge is 0.494 e. The van der Waals surface area contributed by atoms with Crippen LogP contribution in [-0.4, -0.2) is 16.2 Å². The van der Waals surface area contributed by atoms with Crippen molar-refractivity contribution in [2.45, 2.75) is 19.9 Å². The summed E-state index contributed by atoms with van der Waals surface area (Å²) >= 11 is 6.20. The number of para-hydroxylation sites is 2. The SMILES string of the molecule is Cc1cccc(OCCCn2c(-c3cccc(Cl)c3)nc3ccccc32)c1. The van der Waals surface area contributed by atoms with Gasteiger partial charge in [0, 0.05) is 17.1 Å². The van der Waals surface area contributed by atoms with E-state index in [0.29, 0.717) is 11.6 Å². The quantitative estimate of drug-likeness (QED) is 0.378. The summed E-state index contributed by atoms with van der Waals surface area (Å²) < 4.78 is 8.16. The Balaban J connectivity index is 1.56. The minimum Gasteiger partial charge on any atom is -0.494 e. The molecule has 0 radical (unpaired) electrons. The molecule has 0 saturated carbocycles. The molecule has 0 bridgehead atoms. The van der Waals surface area contributed by atoms with Crippen LogP contribution in [0.2, 0.25) is 5.02 Å². The van der Waals surface area contributed by atoms with Crippen LogP contribution in [0.1, 0.15) is 12.0 Å². The molecule has 136 valence electrons. The fraction of sp³-hybridized carbons (Fsp3) is 0.174. The van der Waals surface area contributed by atoms with Crippen molar-refractivity contribution in [2.24, 2.45) is 0 Å². The number of hydrogen-bond donors (Lipinski definition) is 0. The lowest BCUT2D eigenvalue weighted by atomic mass is 10.2. The number of rotatable bonds is 6. The van der Waals surface area contributed by atoms with Gasteiger partial charge in [-0.2, -0.15) is 0 Å². The van der Waals surface area contributed by atoms with Crippen molar-refractivity contribution < 1.29 is 4.74 Å². The van der Waals surface area contributed by atoms with E-state index >= 15 is 0 Å². The number of imidazole rings is 1. The summed E-state index contributed by atoms with van der Waals surface area (Å²) in [6, 6.07) is 24.2. The third-order valence-corrected chi connectivity index (χ3v) is 4.76. The number of nitrogens with zero attached hydrogens (tertiary/aromatic N) is 2. The molecule has 27 heavy (non-hydrogen) atoms. The molecule has 0 amide bonds. The molecule has 4 aromatic rings. The van der Waals surface area contributed by atoms with E-state index in [2.05, 4.69) is 29.7 Å². The summed E-state index contributed by atoms with van der Waals surface area (Å²) in [5, 5.41) is 0.717. The first kappa shape index (κ1) is 17.6. The zero-order valence-electron chi connectivity index (χ0n) is 15.2. The van der Waals surface area contributed by atoms with Crippen LogP contribution in [0.25, 0.3) is 22.4 Å². The van der Waals surface area contributed by atoms with Gasteiger partial charge >= 0.3 is 0 Å². The summed E-state index contributed by atoms with van der Waals surface area (Å²) in [5.74, 6) is 1.86. The van der Waals surface area contributed by atoms with Gasteiger partial charge in [0.25, 0.3) is 0 Å². The van der Waals surface area contributed by atoms with Crippen molar-refractivity contribution in [3.8, 4) is 17.1 Å². The Morgan fingerprint density at radius 3 is 2.67 bits per heavy atom. The van der Waals surface area contributed by atoms with Crippen LogP contribution < -0.4 is 4.74 Å². The molecular weight excluding hydrogens is 356 g/mol. The second-order valence-electron chi connectivity index (χ2n) is 6.60. The van der Waals surface area contributed by atoms with Crippen molar-refractivity contribution in [1.82, 2.24) is 9.55 Å². The van der Waals surface area contributed by atoms with Crippen LogP contribution in [0.5, 0.6) is 5.75 Å². The van der Waals surface area contributed by atoms with Crippen LogP contribution in [0.15, 0.2) is 72.8 Å². The standard InChI is InChI=1S/C23H21ClN2O/c1-17-7-4-10-20(15-17)27-14-6-13-26-22-12-3-2-11-21(22)25-23(26)18-8-5-9-19(24)16-18/h2-5,7-12,15-16H,6,13-14H2,1H3. The van der Waals surface area contributed by atoms with Gasteiger partial charge in [0.05, 0.1) is 17.6 Å². The highest BCUT2D eigenvalue weighted by molar-refractivity contribution is 6.30. The Morgan fingerprint density at radius 2 is 1.81 bits per heavy atom. The summed E-state index contributed by atoms with van der Waals surface area (Å²) in [6.45, 7) is 3.56. The highest BCUT2D eigenvalue weighted by atomic mass is 35.5. The fourth-order valence-corrected chi connectivity index (χ4v) is 3.46. The number of ether oxygens (including phenoxy) is 1. The first-order chi connectivity index (χ1) is 13.2.